The lowest BCUT2D eigenvalue weighted by Crippen LogP contribution is -2.38. The second-order valence-corrected chi connectivity index (χ2v) is 7.41. The predicted octanol–water partition coefficient (Wildman–Crippen LogP) is 3.52. The molecule has 0 saturated heterocycles. The van der Waals surface area contributed by atoms with Crippen molar-refractivity contribution in [2.75, 3.05) is 19.6 Å². The van der Waals surface area contributed by atoms with E-state index < -0.39 is 0 Å². The van der Waals surface area contributed by atoms with Gasteiger partial charge in [-0.25, -0.2) is 4.98 Å². The van der Waals surface area contributed by atoms with Gasteiger partial charge in [-0.05, 0) is 32.6 Å². The second-order valence-electron chi connectivity index (χ2n) is 6.09. The van der Waals surface area contributed by atoms with E-state index >= 15 is 0 Å². The zero-order chi connectivity index (χ0) is 15.6. The van der Waals surface area contributed by atoms with Crippen molar-refractivity contribution in [2.45, 2.75) is 58.8 Å². The third kappa shape index (κ3) is 6.34. The van der Waals surface area contributed by atoms with E-state index in [4.69, 9.17) is 0 Å². The van der Waals surface area contributed by atoms with Crippen LogP contribution in [-0.4, -0.2) is 30.6 Å². The van der Waals surface area contributed by atoms with E-state index in [1.54, 1.807) is 11.3 Å². The van der Waals surface area contributed by atoms with E-state index in [-0.39, 0.29) is 0 Å². The van der Waals surface area contributed by atoms with Crippen LogP contribution in [-0.2, 0) is 6.42 Å². The normalized spacial score (nSPS) is 16.2. The number of nitrogens with zero attached hydrogens (tertiary/aromatic N) is 2. The van der Waals surface area contributed by atoms with E-state index in [0.29, 0.717) is 0 Å². The standard InChI is InChI=1S/C17H30N4S/c1-3-18-17(19-11-6-9-15-7-4-5-8-15)20-12-10-16-21-13-14(2)22-16/h13,15H,3-12H2,1-2H3,(H2,18,19,20). The summed E-state index contributed by atoms with van der Waals surface area (Å²) in [6.45, 7) is 6.94. The topological polar surface area (TPSA) is 49.3 Å². The molecule has 22 heavy (non-hydrogen) atoms. The molecule has 1 aromatic heterocycles. The summed E-state index contributed by atoms with van der Waals surface area (Å²) in [5, 5.41) is 7.93. The summed E-state index contributed by atoms with van der Waals surface area (Å²) in [6, 6.07) is 0. The highest BCUT2D eigenvalue weighted by Gasteiger charge is 2.13. The Balaban J connectivity index is 1.65. The van der Waals surface area contributed by atoms with E-state index in [0.717, 1.165) is 37.9 Å². The summed E-state index contributed by atoms with van der Waals surface area (Å²) < 4.78 is 0. The Bertz CT molecular complexity index is 449. The van der Waals surface area contributed by atoms with E-state index in [1.165, 1.54) is 48.4 Å². The third-order valence-corrected chi connectivity index (χ3v) is 5.13. The van der Waals surface area contributed by atoms with Crippen molar-refractivity contribution in [2.24, 2.45) is 10.9 Å². The van der Waals surface area contributed by atoms with Crippen molar-refractivity contribution in [3.8, 4) is 0 Å². The monoisotopic (exact) mass is 322 g/mol. The minimum atomic E-state index is 0.890. The summed E-state index contributed by atoms with van der Waals surface area (Å²) in [7, 11) is 0. The number of aryl methyl sites for hydroxylation is 1. The average molecular weight is 323 g/mol. The van der Waals surface area contributed by atoms with Gasteiger partial charge in [0.25, 0.3) is 0 Å². The van der Waals surface area contributed by atoms with Gasteiger partial charge in [0.1, 0.15) is 0 Å². The maximum Gasteiger partial charge on any atom is 0.191 e. The Kier molecular flexibility index (Phi) is 7.71. The first-order valence-corrected chi connectivity index (χ1v) is 9.53. The van der Waals surface area contributed by atoms with E-state index in [1.807, 2.05) is 6.20 Å². The van der Waals surface area contributed by atoms with Crippen LogP contribution in [0.1, 0.15) is 55.3 Å². The van der Waals surface area contributed by atoms with Crippen LogP contribution in [0.25, 0.3) is 0 Å². The summed E-state index contributed by atoms with van der Waals surface area (Å²) in [5.74, 6) is 1.92. The number of hydrogen-bond acceptors (Lipinski definition) is 3. The van der Waals surface area contributed by atoms with Crippen molar-refractivity contribution in [1.82, 2.24) is 15.6 Å². The smallest absolute Gasteiger partial charge is 0.191 e. The molecule has 4 nitrogen and oxygen atoms in total. The van der Waals surface area contributed by atoms with Gasteiger partial charge in [-0.2, -0.15) is 0 Å². The average Bonchev–Trinajstić information content (AvgIpc) is 3.15. The fraction of sp³-hybridized carbons (Fsp3) is 0.765. The molecule has 2 rings (SSSR count). The highest BCUT2D eigenvalue weighted by molar-refractivity contribution is 7.11. The van der Waals surface area contributed by atoms with Gasteiger partial charge in [-0.3, -0.25) is 4.99 Å². The first-order chi connectivity index (χ1) is 10.8. The highest BCUT2D eigenvalue weighted by atomic mass is 32.1. The Morgan fingerprint density at radius 3 is 2.86 bits per heavy atom. The van der Waals surface area contributed by atoms with Crippen molar-refractivity contribution < 1.29 is 0 Å². The van der Waals surface area contributed by atoms with Gasteiger partial charge < -0.3 is 10.6 Å². The third-order valence-electron chi connectivity index (χ3n) is 4.16. The number of hydrogen-bond donors (Lipinski definition) is 2. The van der Waals surface area contributed by atoms with Gasteiger partial charge in [-0.15, -0.1) is 11.3 Å². The lowest BCUT2D eigenvalue weighted by molar-refractivity contribution is 0.487. The lowest BCUT2D eigenvalue weighted by atomic mass is 10.0. The molecule has 0 aliphatic heterocycles. The number of guanidine groups is 1. The first-order valence-electron chi connectivity index (χ1n) is 8.71. The molecule has 0 atom stereocenters. The van der Waals surface area contributed by atoms with Crippen molar-refractivity contribution in [3.63, 3.8) is 0 Å². The molecule has 1 saturated carbocycles. The molecule has 0 aromatic carbocycles. The van der Waals surface area contributed by atoms with Crippen LogP contribution in [0.5, 0.6) is 0 Å². The maximum absolute atomic E-state index is 4.69. The molecule has 0 bridgehead atoms. The first kappa shape index (κ1) is 17.3. The molecule has 1 aliphatic rings. The molecule has 124 valence electrons. The number of rotatable bonds is 8. The molecule has 1 fully saturated rings. The molecule has 0 amide bonds. The van der Waals surface area contributed by atoms with Gasteiger partial charge in [0, 0.05) is 37.1 Å². The van der Waals surface area contributed by atoms with Crippen LogP contribution in [0, 0.1) is 12.8 Å². The quantitative estimate of drug-likeness (QED) is 0.437. The highest BCUT2D eigenvalue weighted by Crippen LogP contribution is 2.28. The molecular formula is C17H30N4S. The minimum absolute atomic E-state index is 0.890. The number of aliphatic imine (C=N–C) groups is 1. The maximum atomic E-state index is 4.69. The van der Waals surface area contributed by atoms with E-state index in [9.17, 15) is 0 Å². The zero-order valence-electron chi connectivity index (χ0n) is 14.0. The van der Waals surface area contributed by atoms with Crippen LogP contribution >= 0.6 is 11.3 Å². The second kappa shape index (κ2) is 9.82. The SMILES string of the molecule is CCNC(=NCCCC1CCCC1)NCCc1ncc(C)s1. The fourth-order valence-electron chi connectivity index (χ4n) is 3.02. The van der Waals surface area contributed by atoms with Crippen molar-refractivity contribution in [3.05, 3.63) is 16.1 Å². The Morgan fingerprint density at radius 2 is 2.18 bits per heavy atom. The van der Waals surface area contributed by atoms with Crippen molar-refractivity contribution in [1.29, 1.82) is 0 Å². The van der Waals surface area contributed by atoms with Crippen LogP contribution in [0.2, 0.25) is 0 Å². The van der Waals surface area contributed by atoms with Gasteiger partial charge in [-0.1, -0.05) is 25.7 Å². The molecule has 1 heterocycles. The number of thiazole rings is 1. The molecule has 5 heteroatoms. The Morgan fingerprint density at radius 1 is 1.36 bits per heavy atom. The summed E-state index contributed by atoms with van der Waals surface area (Å²) >= 11 is 1.78. The van der Waals surface area contributed by atoms with Gasteiger partial charge >= 0.3 is 0 Å². The predicted molar refractivity (Wildman–Crippen MR) is 95.7 cm³/mol. The fourth-order valence-corrected chi connectivity index (χ4v) is 3.80. The van der Waals surface area contributed by atoms with Crippen LogP contribution in [0.15, 0.2) is 11.2 Å². The summed E-state index contributed by atoms with van der Waals surface area (Å²) in [5.41, 5.74) is 0. The molecular weight excluding hydrogens is 292 g/mol. The molecule has 2 N–H and O–H groups in total. The largest absolute Gasteiger partial charge is 0.357 e. The van der Waals surface area contributed by atoms with Gasteiger partial charge in [0.15, 0.2) is 5.96 Å². The molecule has 0 radical (unpaired) electrons. The summed E-state index contributed by atoms with van der Waals surface area (Å²) in [4.78, 5) is 10.4. The summed E-state index contributed by atoms with van der Waals surface area (Å²) in [6.07, 6.45) is 11.2. The van der Waals surface area contributed by atoms with Gasteiger partial charge in [0.2, 0.25) is 0 Å². The van der Waals surface area contributed by atoms with Crippen LogP contribution < -0.4 is 10.6 Å². The Hall–Kier alpha value is -1.10. The molecule has 1 aromatic rings. The Labute approximate surface area is 138 Å². The lowest BCUT2D eigenvalue weighted by Gasteiger charge is -2.11. The van der Waals surface area contributed by atoms with Gasteiger partial charge in [0.05, 0.1) is 5.01 Å². The van der Waals surface area contributed by atoms with Crippen LogP contribution in [0.3, 0.4) is 0 Å². The molecule has 0 spiro atoms. The number of nitrogens with one attached hydrogen (secondary N) is 2. The molecule has 0 unspecified atom stereocenters. The minimum Gasteiger partial charge on any atom is -0.357 e. The van der Waals surface area contributed by atoms with E-state index in [2.05, 4.69) is 34.5 Å². The zero-order valence-corrected chi connectivity index (χ0v) is 14.8. The molecule has 1 aliphatic carbocycles. The number of aromatic nitrogens is 1. The van der Waals surface area contributed by atoms with Crippen molar-refractivity contribution >= 4 is 17.3 Å². The van der Waals surface area contributed by atoms with Crippen LogP contribution in [0.4, 0.5) is 0 Å².